The third kappa shape index (κ3) is 7.25. The molecule has 1 saturated heterocycles. The molecule has 13 heteroatoms. The number of rotatable bonds is 10. The van der Waals surface area contributed by atoms with Crippen LogP contribution in [0.1, 0.15) is 39.5 Å². The fourth-order valence-corrected chi connectivity index (χ4v) is 3.44. The van der Waals surface area contributed by atoms with Crippen LogP contribution in [0, 0.1) is 10.1 Å². The van der Waals surface area contributed by atoms with Crippen molar-refractivity contribution in [1.82, 2.24) is 15.5 Å². The van der Waals surface area contributed by atoms with Crippen molar-refractivity contribution in [2.24, 2.45) is 0 Å². The van der Waals surface area contributed by atoms with Crippen LogP contribution in [0.15, 0.2) is 24.3 Å². The molecule has 0 aromatic heterocycles. The highest BCUT2D eigenvalue weighted by atomic mass is 16.6. The predicted octanol–water partition coefficient (Wildman–Crippen LogP) is 0.399. The number of likely N-dealkylation sites (tertiary alicyclic amines) is 1. The minimum Gasteiger partial charge on any atom is -0.481 e. The van der Waals surface area contributed by atoms with Crippen LogP contribution in [0.25, 0.3) is 0 Å². The zero-order valence-electron chi connectivity index (χ0n) is 18.8. The molecular weight excluding hydrogens is 450 g/mol. The average Bonchev–Trinajstić information content (AvgIpc) is 3.27. The Morgan fingerprint density at radius 1 is 1.09 bits per heavy atom. The minimum atomic E-state index is -1.13. The second-order valence-electron chi connectivity index (χ2n) is 7.90. The second-order valence-corrected chi connectivity index (χ2v) is 7.90. The van der Waals surface area contributed by atoms with Crippen molar-refractivity contribution in [3.05, 3.63) is 34.4 Å². The quantitative estimate of drug-likeness (QED) is 0.275. The van der Waals surface area contributed by atoms with Crippen LogP contribution in [-0.4, -0.2) is 69.2 Å². The molecule has 1 aromatic rings. The Balaban J connectivity index is 1.91. The number of carboxylic acid groups (broad SMARTS) is 1. The number of aliphatic carboxylic acids is 1. The largest absolute Gasteiger partial charge is 0.481 e. The van der Waals surface area contributed by atoms with Crippen molar-refractivity contribution in [3.8, 4) is 0 Å². The summed E-state index contributed by atoms with van der Waals surface area (Å²) in [6.45, 7) is 3.22. The van der Waals surface area contributed by atoms with Gasteiger partial charge in [-0.2, -0.15) is 0 Å². The highest BCUT2D eigenvalue weighted by molar-refractivity contribution is 5.98. The molecule has 0 spiro atoms. The van der Waals surface area contributed by atoms with Crippen molar-refractivity contribution in [2.45, 2.75) is 57.7 Å². The van der Waals surface area contributed by atoms with E-state index in [2.05, 4.69) is 16.0 Å². The number of nitrogens with one attached hydrogen (secondary N) is 3. The first-order chi connectivity index (χ1) is 16.0. The molecule has 4 amide bonds. The zero-order chi connectivity index (χ0) is 25.4. The molecule has 1 unspecified atom stereocenters. The van der Waals surface area contributed by atoms with E-state index in [-0.39, 0.29) is 18.5 Å². The molecule has 1 aromatic carbocycles. The van der Waals surface area contributed by atoms with Gasteiger partial charge in [-0.25, -0.2) is 0 Å². The topological polar surface area (TPSA) is 188 Å². The standard InChI is InChI=1S/C21H27N5O8/c1-12(19(30)24-14-5-7-15(8-6-14)26(33)34)23-20(31)16-4-3-11-25(16)21(32)13(2)22-17(27)9-10-18(28)29/h5-8,12-13,16H,3-4,9-11H2,1-2H3,(H,22,27)(H,23,31)(H,24,30)(H,28,29)/t12-,13-,16?/m0/s1. The summed E-state index contributed by atoms with van der Waals surface area (Å²) in [4.78, 5) is 71.8. The maximum Gasteiger partial charge on any atom is 0.303 e. The van der Waals surface area contributed by atoms with Crippen LogP contribution in [0.4, 0.5) is 11.4 Å². The maximum atomic E-state index is 12.8. The smallest absolute Gasteiger partial charge is 0.303 e. The molecule has 3 atom stereocenters. The number of amides is 4. The van der Waals surface area contributed by atoms with Crippen molar-refractivity contribution in [3.63, 3.8) is 0 Å². The summed E-state index contributed by atoms with van der Waals surface area (Å²) >= 11 is 0. The van der Waals surface area contributed by atoms with Gasteiger partial charge in [0.1, 0.15) is 18.1 Å². The summed E-state index contributed by atoms with van der Waals surface area (Å²) < 4.78 is 0. The molecule has 0 saturated carbocycles. The SMILES string of the molecule is C[C@H](NC(=O)C1CCCN1C(=O)[C@H](C)NC(=O)CCC(=O)O)C(=O)Nc1ccc([N+](=O)[O-])cc1. The van der Waals surface area contributed by atoms with Gasteiger partial charge in [0.25, 0.3) is 5.69 Å². The normalized spacial score (nSPS) is 16.8. The third-order valence-corrected chi connectivity index (χ3v) is 5.25. The van der Waals surface area contributed by atoms with E-state index in [1.165, 1.54) is 43.0 Å². The molecule has 0 bridgehead atoms. The van der Waals surface area contributed by atoms with Crippen molar-refractivity contribution < 1.29 is 34.0 Å². The number of carbonyl (C=O) groups excluding carboxylic acids is 4. The van der Waals surface area contributed by atoms with E-state index in [1.807, 2.05) is 0 Å². The van der Waals surface area contributed by atoms with Gasteiger partial charge in [0.05, 0.1) is 11.3 Å². The Kier molecular flexibility index (Phi) is 9.04. The van der Waals surface area contributed by atoms with E-state index < -0.39 is 52.6 Å². The van der Waals surface area contributed by atoms with Gasteiger partial charge < -0.3 is 26.0 Å². The molecule has 1 aliphatic heterocycles. The summed E-state index contributed by atoms with van der Waals surface area (Å²) in [5.41, 5.74) is 0.194. The van der Waals surface area contributed by atoms with Crippen molar-refractivity contribution >= 4 is 41.0 Å². The lowest BCUT2D eigenvalue weighted by Gasteiger charge is -2.28. The van der Waals surface area contributed by atoms with E-state index in [1.54, 1.807) is 0 Å². The first-order valence-corrected chi connectivity index (χ1v) is 10.7. The molecule has 34 heavy (non-hydrogen) atoms. The maximum absolute atomic E-state index is 12.8. The summed E-state index contributed by atoms with van der Waals surface area (Å²) in [6.07, 6.45) is 0.320. The van der Waals surface area contributed by atoms with Gasteiger partial charge in [-0.15, -0.1) is 0 Å². The molecule has 13 nitrogen and oxygen atoms in total. The summed E-state index contributed by atoms with van der Waals surface area (Å²) in [6, 6.07) is 2.50. The van der Waals surface area contributed by atoms with Crippen molar-refractivity contribution in [1.29, 1.82) is 0 Å². The van der Waals surface area contributed by atoms with Gasteiger partial charge in [-0.05, 0) is 38.8 Å². The van der Waals surface area contributed by atoms with Gasteiger partial charge in [-0.1, -0.05) is 0 Å². The van der Waals surface area contributed by atoms with Gasteiger partial charge in [0.15, 0.2) is 0 Å². The van der Waals surface area contributed by atoms with Crippen molar-refractivity contribution in [2.75, 3.05) is 11.9 Å². The number of hydrogen-bond acceptors (Lipinski definition) is 7. The van der Waals surface area contributed by atoms with E-state index >= 15 is 0 Å². The van der Waals surface area contributed by atoms with Gasteiger partial charge in [0.2, 0.25) is 23.6 Å². The lowest BCUT2D eigenvalue weighted by molar-refractivity contribution is -0.384. The molecular formula is C21H27N5O8. The van der Waals surface area contributed by atoms with Crippen LogP contribution < -0.4 is 16.0 Å². The molecule has 0 aliphatic carbocycles. The number of benzene rings is 1. The first kappa shape index (κ1) is 26.2. The number of nitro groups is 1. The number of carboxylic acids is 1. The number of anilines is 1. The minimum absolute atomic E-state index is 0.127. The molecule has 184 valence electrons. The fourth-order valence-electron chi connectivity index (χ4n) is 3.44. The van der Waals surface area contributed by atoms with Gasteiger partial charge in [0, 0.05) is 30.8 Å². The number of nitro benzene ring substituents is 1. The lowest BCUT2D eigenvalue weighted by atomic mass is 10.1. The Bertz CT molecular complexity index is 964. The number of nitrogens with zero attached hydrogens (tertiary/aromatic N) is 2. The molecule has 1 fully saturated rings. The van der Waals surface area contributed by atoms with E-state index in [0.29, 0.717) is 25.1 Å². The summed E-state index contributed by atoms with van der Waals surface area (Å²) in [7, 11) is 0. The Hall–Kier alpha value is -4.03. The highest BCUT2D eigenvalue weighted by Gasteiger charge is 2.37. The van der Waals surface area contributed by atoms with Crippen LogP contribution in [-0.2, 0) is 24.0 Å². The monoisotopic (exact) mass is 477 g/mol. The third-order valence-electron chi connectivity index (χ3n) is 5.25. The fraction of sp³-hybridized carbons (Fsp3) is 0.476. The van der Waals surface area contributed by atoms with Crippen LogP contribution in [0.5, 0.6) is 0 Å². The molecule has 0 radical (unpaired) electrons. The van der Waals surface area contributed by atoms with E-state index in [4.69, 9.17) is 5.11 Å². The second kappa shape index (κ2) is 11.7. The highest BCUT2D eigenvalue weighted by Crippen LogP contribution is 2.19. The summed E-state index contributed by atoms with van der Waals surface area (Å²) in [5, 5.41) is 26.9. The van der Waals surface area contributed by atoms with E-state index in [0.717, 1.165) is 0 Å². The summed E-state index contributed by atoms with van der Waals surface area (Å²) in [5.74, 6) is -3.26. The Labute approximate surface area is 195 Å². The first-order valence-electron chi connectivity index (χ1n) is 10.7. The number of hydrogen-bond donors (Lipinski definition) is 4. The Morgan fingerprint density at radius 2 is 1.74 bits per heavy atom. The molecule has 1 heterocycles. The van der Waals surface area contributed by atoms with Crippen LogP contribution in [0.3, 0.4) is 0 Å². The number of carbonyl (C=O) groups is 5. The predicted molar refractivity (Wildman–Crippen MR) is 119 cm³/mol. The average molecular weight is 477 g/mol. The van der Waals surface area contributed by atoms with E-state index in [9.17, 15) is 34.1 Å². The van der Waals surface area contributed by atoms with Gasteiger partial charge >= 0.3 is 5.97 Å². The molecule has 4 N–H and O–H groups in total. The molecule has 2 rings (SSSR count). The zero-order valence-corrected chi connectivity index (χ0v) is 18.8. The van der Waals surface area contributed by atoms with Crippen LogP contribution >= 0.6 is 0 Å². The lowest BCUT2D eigenvalue weighted by Crippen LogP contribution is -2.54. The Morgan fingerprint density at radius 3 is 2.32 bits per heavy atom. The number of non-ortho nitro benzene ring substituents is 1. The van der Waals surface area contributed by atoms with Gasteiger partial charge in [-0.3, -0.25) is 34.1 Å². The molecule has 1 aliphatic rings. The van der Waals surface area contributed by atoms with Crippen LogP contribution in [0.2, 0.25) is 0 Å².